The molecule has 3 unspecified atom stereocenters. The van der Waals surface area contributed by atoms with E-state index in [1.54, 1.807) is 0 Å². The molecule has 4 heteroatoms. The van der Waals surface area contributed by atoms with Crippen LogP contribution >= 0.6 is 11.8 Å². The lowest BCUT2D eigenvalue weighted by Crippen LogP contribution is -2.26. The SMILES string of the molecule is CC(=O)O.CC1N=CCC2SC=CC12. The van der Waals surface area contributed by atoms with Gasteiger partial charge in [-0.3, -0.25) is 9.79 Å². The van der Waals surface area contributed by atoms with Gasteiger partial charge in [0.25, 0.3) is 5.97 Å². The number of thioether (sulfide) groups is 1. The molecule has 0 saturated carbocycles. The van der Waals surface area contributed by atoms with Gasteiger partial charge < -0.3 is 5.11 Å². The lowest BCUT2D eigenvalue weighted by molar-refractivity contribution is -0.134. The third kappa shape index (κ3) is 3.18. The number of carboxylic acid groups (broad SMARTS) is 1. The predicted octanol–water partition coefficient (Wildman–Crippen LogP) is 2.19. The first-order chi connectivity index (χ1) is 6.61. The fourth-order valence-corrected chi connectivity index (χ4v) is 2.74. The Labute approximate surface area is 88.3 Å². The van der Waals surface area contributed by atoms with Crippen molar-refractivity contribution in [2.45, 2.75) is 31.6 Å². The summed E-state index contributed by atoms with van der Waals surface area (Å²) >= 11 is 1.96. The van der Waals surface area contributed by atoms with E-state index < -0.39 is 5.97 Å². The standard InChI is InChI=1S/C8H11NS.C2H4O2/c1-6-7-3-5-10-8(7)2-4-9-6;1-2(3)4/h3-8H,2H2,1H3;1H3,(H,3,4). The van der Waals surface area contributed by atoms with E-state index in [1.807, 2.05) is 11.8 Å². The number of aliphatic carboxylic acids is 1. The summed E-state index contributed by atoms with van der Waals surface area (Å²) in [7, 11) is 0. The molecule has 2 aliphatic heterocycles. The summed E-state index contributed by atoms with van der Waals surface area (Å²) in [6, 6.07) is 0.519. The molecule has 1 N–H and O–H groups in total. The first-order valence-corrected chi connectivity index (χ1v) is 5.59. The van der Waals surface area contributed by atoms with E-state index in [0.29, 0.717) is 6.04 Å². The van der Waals surface area contributed by atoms with Crippen molar-refractivity contribution in [3.63, 3.8) is 0 Å². The Morgan fingerprint density at radius 2 is 2.29 bits per heavy atom. The van der Waals surface area contributed by atoms with Crippen LogP contribution in [0, 0.1) is 5.92 Å². The van der Waals surface area contributed by atoms with Crippen molar-refractivity contribution in [1.29, 1.82) is 0 Å². The zero-order valence-corrected chi connectivity index (χ0v) is 9.20. The number of carbonyl (C=O) groups is 1. The molecule has 0 spiro atoms. The van der Waals surface area contributed by atoms with Crippen LogP contribution in [0.3, 0.4) is 0 Å². The molecular weight excluding hydrogens is 198 g/mol. The van der Waals surface area contributed by atoms with Crippen molar-refractivity contribution < 1.29 is 9.90 Å². The minimum Gasteiger partial charge on any atom is -0.481 e. The minimum atomic E-state index is -0.833. The Morgan fingerprint density at radius 1 is 1.64 bits per heavy atom. The van der Waals surface area contributed by atoms with Crippen molar-refractivity contribution >= 4 is 23.9 Å². The van der Waals surface area contributed by atoms with Crippen molar-refractivity contribution in [3.05, 3.63) is 11.5 Å². The number of nitrogens with zero attached hydrogens (tertiary/aromatic N) is 1. The highest BCUT2D eigenvalue weighted by Crippen LogP contribution is 2.36. The molecule has 0 saturated heterocycles. The summed E-state index contributed by atoms with van der Waals surface area (Å²) in [5, 5.41) is 10.4. The molecule has 2 aliphatic rings. The highest BCUT2D eigenvalue weighted by molar-refractivity contribution is 8.03. The van der Waals surface area contributed by atoms with Crippen LogP contribution in [0.1, 0.15) is 20.3 Å². The summed E-state index contributed by atoms with van der Waals surface area (Å²) in [4.78, 5) is 13.4. The van der Waals surface area contributed by atoms with Gasteiger partial charge in [-0.2, -0.15) is 0 Å². The second kappa shape index (κ2) is 5.20. The average molecular weight is 213 g/mol. The number of fused-ring (bicyclic) bond motifs is 1. The number of carboxylic acids is 1. The Bertz CT molecular complexity index is 259. The monoisotopic (exact) mass is 213 g/mol. The van der Waals surface area contributed by atoms with Gasteiger partial charge in [-0.05, 0) is 18.8 Å². The van der Waals surface area contributed by atoms with Gasteiger partial charge in [0.05, 0.1) is 6.04 Å². The fraction of sp³-hybridized carbons (Fsp3) is 0.600. The van der Waals surface area contributed by atoms with Crippen LogP contribution in [0.2, 0.25) is 0 Å². The first-order valence-electron chi connectivity index (χ1n) is 4.64. The lowest BCUT2D eigenvalue weighted by atomic mass is 9.94. The van der Waals surface area contributed by atoms with E-state index in [9.17, 15) is 0 Å². The number of aliphatic imine (C=N–C) groups is 1. The average Bonchev–Trinajstić information content (AvgIpc) is 2.52. The van der Waals surface area contributed by atoms with Crippen molar-refractivity contribution in [1.82, 2.24) is 0 Å². The lowest BCUT2D eigenvalue weighted by Gasteiger charge is -2.24. The molecule has 3 nitrogen and oxygen atoms in total. The van der Waals surface area contributed by atoms with Crippen LogP contribution in [0.15, 0.2) is 16.5 Å². The van der Waals surface area contributed by atoms with Gasteiger partial charge in [0.1, 0.15) is 0 Å². The van der Waals surface area contributed by atoms with E-state index >= 15 is 0 Å². The quantitative estimate of drug-likeness (QED) is 0.671. The van der Waals surface area contributed by atoms with Crippen LogP contribution in [0.4, 0.5) is 0 Å². The Morgan fingerprint density at radius 3 is 2.86 bits per heavy atom. The Kier molecular flexibility index (Phi) is 4.20. The molecule has 0 aromatic heterocycles. The van der Waals surface area contributed by atoms with Gasteiger partial charge in [0, 0.05) is 24.3 Å². The van der Waals surface area contributed by atoms with Gasteiger partial charge in [-0.25, -0.2) is 0 Å². The minimum absolute atomic E-state index is 0.519. The summed E-state index contributed by atoms with van der Waals surface area (Å²) in [5.74, 6) is -0.116. The Balaban J connectivity index is 0.000000213. The van der Waals surface area contributed by atoms with Crippen LogP contribution in [0.5, 0.6) is 0 Å². The molecule has 2 rings (SSSR count). The number of rotatable bonds is 0. The maximum atomic E-state index is 9.00. The van der Waals surface area contributed by atoms with E-state index in [2.05, 4.69) is 29.6 Å². The molecule has 0 aliphatic carbocycles. The van der Waals surface area contributed by atoms with Gasteiger partial charge in [-0.15, -0.1) is 11.8 Å². The molecule has 0 bridgehead atoms. The summed E-state index contributed by atoms with van der Waals surface area (Å²) in [6.45, 7) is 3.28. The van der Waals surface area contributed by atoms with E-state index in [-0.39, 0.29) is 0 Å². The number of hydrogen-bond acceptors (Lipinski definition) is 3. The van der Waals surface area contributed by atoms with Crippen molar-refractivity contribution in [3.8, 4) is 0 Å². The first kappa shape index (κ1) is 11.3. The van der Waals surface area contributed by atoms with Crippen molar-refractivity contribution in [2.24, 2.45) is 10.9 Å². The smallest absolute Gasteiger partial charge is 0.300 e. The zero-order chi connectivity index (χ0) is 10.6. The van der Waals surface area contributed by atoms with Crippen LogP contribution in [-0.2, 0) is 4.79 Å². The summed E-state index contributed by atoms with van der Waals surface area (Å²) in [6.07, 6.45) is 5.54. The molecular formula is C10H15NO2S. The zero-order valence-electron chi connectivity index (χ0n) is 8.38. The van der Waals surface area contributed by atoms with E-state index in [0.717, 1.165) is 24.5 Å². The summed E-state index contributed by atoms with van der Waals surface area (Å²) < 4.78 is 0. The molecule has 78 valence electrons. The molecule has 2 heterocycles. The highest BCUT2D eigenvalue weighted by atomic mass is 32.2. The largest absolute Gasteiger partial charge is 0.481 e. The van der Waals surface area contributed by atoms with Gasteiger partial charge in [-0.1, -0.05) is 6.08 Å². The van der Waals surface area contributed by atoms with Crippen LogP contribution in [0.25, 0.3) is 0 Å². The van der Waals surface area contributed by atoms with Crippen LogP contribution in [-0.4, -0.2) is 28.6 Å². The molecule has 0 radical (unpaired) electrons. The maximum Gasteiger partial charge on any atom is 0.300 e. The molecule has 3 atom stereocenters. The van der Waals surface area contributed by atoms with Crippen molar-refractivity contribution in [2.75, 3.05) is 0 Å². The van der Waals surface area contributed by atoms with Gasteiger partial charge in [0.2, 0.25) is 0 Å². The molecule has 14 heavy (non-hydrogen) atoms. The highest BCUT2D eigenvalue weighted by Gasteiger charge is 2.29. The van der Waals surface area contributed by atoms with Crippen LogP contribution < -0.4 is 0 Å². The topological polar surface area (TPSA) is 49.7 Å². The number of hydrogen-bond donors (Lipinski definition) is 1. The third-order valence-electron chi connectivity index (χ3n) is 2.22. The van der Waals surface area contributed by atoms with Gasteiger partial charge >= 0.3 is 0 Å². The Hall–Kier alpha value is -0.770. The molecule has 0 aromatic rings. The normalized spacial score (nSPS) is 33.1. The van der Waals surface area contributed by atoms with E-state index in [1.165, 1.54) is 0 Å². The fourth-order valence-electron chi connectivity index (χ4n) is 1.57. The van der Waals surface area contributed by atoms with Gasteiger partial charge in [0.15, 0.2) is 0 Å². The second-order valence-electron chi connectivity index (χ2n) is 3.41. The summed E-state index contributed by atoms with van der Waals surface area (Å²) in [5.41, 5.74) is 0. The second-order valence-corrected chi connectivity index (χ2v) is 4.56. The molecule has 0 aromatic carbocycles. The maximum absolute atomic E-state index is 9.00. The van der Waals surface area contributed by atoms with E-state index in [4.69, 9.17) is 9.90 Å². The molecule has 0 fully saturated rings. The predicted molar refractivity (Wildman–Crippen MR) is 59.9 cm³/mol. The molecule has 0 amide bonds. The third-order valence-corrected chi connectivity index (χ3v) is 3.39.